The van der Waals surface area contributed by atoms with Crippen molar-refractivity contribution in [3.05, 3.63) is 40.3 Å². The van der Waals surface area contributed by atoms with Gasteiger partial charge in [0.25, 0.3) is 0 Å². The first-order valence-electron chi connectivity index (χ1n) is 4.61. The molecule has 0 bridgehead atoms. The van der Waals surface area contributed by atoms with Gasteiger partial charge in [0.2, 0.25) is 0 Å². The van der Waals surface area contributed by atoms with E-state index < -0.39 is 11.9 Å². The molecular formula is C10H4BrF3N4. The summed E-state index contributed by atoms with van der Waals surface area (Å²) in [5.41, 5.74) is -1.35. The molecule has 2 aromatic heterocycles. The predicted molar refractivity (Wildman–Crippen MR) is 58.8 cm³/mol. The van der Waals surface area contributed by atoms with Crippen molar-refractivity contribution in [3.63, 3.8) is 0 Å². The molecule has 92 valence electrons. The molecule has 2 rings (SSSR count). The molecule has 0 saturated heterocycles. The topological polar surface area (TPSA) is 54.5 Å². The molecule has 0 fully saturated rings. The average Bonchev–Trinajstić information content (AvgIpc) is 2.74. The number of aromatic nitrogens is 3. The molecule has 0 radical (unpaired) electrons. The summed E-state index contributed by atoms with van der Waals surface area (Å²) in [4.78, 5) is 3.81. The van der Waals surface area contributed by atoms with Gasteiger partial charge in [-0.3, -0.25) is 0 Å². The van der Waals surface area contributed by atoms with E-state index in [1.54, 1.807) is 6.07 Å². The third-order valence-corrected chi connectivity index (χ3v) is 2.51. The summed E-state index contributed by atoms with van der Waals surface area (Å²) in [6.45, 7) is 0. The van der Waals surface area contributed by atoms with Gasteiger partial charge in [-0.25, -0.2) is 9.67 Å². The number of nitrogens with zero attached hydrogens (tertiary/aromatic N) is 4. The highest BCUT2D eigenvalue weighted by Crippen LogP contribution is 2.31. The van der Waals surface area contributed by atoms with Gasteiger partial charge in [0.05, 0.1) is 0 Å². The highest BCUT2D eigenvalue weighted by molar-refractivity contribution is 9.10. The van der Waals surface area contributed by atoms with E-state index in [2.05, 4.69) is 26.0 Å². The maximum absolute atomic E-state index is 12.8. The summed E-state index contributed by atoms with van der Waals surface area (Å²) in [6, 6.07) is 5.16. The molecule has 0 aliphatic rings. The standard InChI is InChI=1S/C10H4BrF3N4/c11-6-1-2-9(16-5-6)18-8(10(12,13)14)3-7(4-15)17-18/h1-3,5H. The fourth-order valence-electron chi connectivity index (χ4n) is 1.31. The molecule has 0 aliphatic heterocycles. The first-order chi connectivity index (χ1) is 8.41. The van der Waals surface area contributed by atoms with Gasteiger partial charge >= 0.3 is 6.18 Å². The number of hydrogen-bond acceptors (Lipinski definition) is 3. The lowest BCUT2D eigenvalue weighted by Crippen LogP contribution is -2.14. The van der Waals surface area contributed by atoms with E-state index >= 15 is 0 Å². The van der Waals surface area contributed by atoms with Crippen LogP contribution in [0.3, 0.4) is 0 Å². The minimum Gasteiger partial charge on any atom is -0.236 e. The van der Waals surface area contributed by atoms with Gasteiger partial charge in [0.15, 0.2) is 17.2 Å². The van der Waals surface area contributed by atoms with E-state index in [0.29, 0.717) is 15.2 Å². The van der Waals surface area contributed by atoms with Crippen molar-refractivity contribution in [2.75, 3.05) is 0 Å². The van der Waals surface area contributed by atoms with Gasteiger partial charge in [-0.1, -0.05) is 0 Å². The zero-order chi connectivity index (χ0) is 13.3. The molecule has 0 aliphatic carbocycles. The lowest BCUT2D eigenvalue weighted by molar-refractivity contribution is -0.142. The normalized spacial score (nSPS) is 11.3. The molecular weight excluding hydrogens is 313 g/mol. The Kier molecular flexibility index (Phi) is 3.09. The monoisotopic (exact) mass is 316 g/mol. The van der Waals surface area contributed by atoms with Crippen molar-refractivity contribution in [1.82, 2.24) is 14.8 Å². The van der Waals surface area contributed by atoms with Crippen LogP contribution < -0.4 is 0 Å². The molecule has 4 nitrogen and oxygen atoms in total. The number of pyridine rings is 1. The van der Waals surface area contributed by atoms with E-state index in [1.807, 2.05) is 0 Å². The van der Waals surface area contributed by atoms with Gasteiger partial charge in [-0.05, 0) is 28.1 Å². The maximum Gasteiger partial charge on any atom is 0.433 e. The summed E-state index contributed by atoms with van der Waals surface area (Å²) in [5, 5.41) is 12.2. The second-order valence-electron chi connectivity index (χ2n) is 3.27. The van der Waals surface area contributed by atoms with E-state index in [4.69, 9.17) is 5.26 Å². The molecule has 0 amide bonds. The first kappa shape index (κ1) is 12.6. The number of nitriles is 1. The van der Waals surface area contributed by atoms with Gasteiger partial charge in [0, 0.05) is 16.7 Å². The fourth-order valence-corrected chi connectivity index (χ4v) is 1.54. The second kappa shape index (κ2) is 4.42. The van der Waals surface area contributed by atoms with Crippen LogP contribution in [0.25, 0.3) is 5.82 Å². The summed E-state index contributed by atoms with van der Waals surface area (Å²) >= 11 is 3.13. The van der Waals surface area contributed by atoms with Gasteiger partial charge in [-0.2, -0.15) is 23.5 Å². The Morgan fingerprint density at radius 3 is 2.56 bits per heavy atom. The highest BCUT2D eigenvalue weighted by atomic mass is 79.9. The molecule has 0 aromatic carbocycles. The Labute approximate surface area is 108 Å². The van der Waals surface area contributed by atoms with E-state index in [0.717, 1.165) is 0 Å². The van der Waals surface area contributed by atoms with Crippen LogP contribution >= 0.6 is 15.9 Å². The Morgan fingerprint density at radius 2 is 2.06 bits per heavy atom. The van der Waals surface area contributed by atoms with E-state index in [9.17, 15) is 13.2 Å². The van der Waals surface area contributed by atoms with Gasteiger partial charge in [-0.15, -0.1) is 0 Å². The molecule has 0 unspecified atom stereocenters. The van der Waals surface area contributed by atoms with Gasteiger partial charge in [0.1, 0.15) is 6.07 Å². The van der Waals surface area contributed by atoms with Crippen LogP contribution in [-0.2, 0) is 6.18 Å². The van der Waals surface area contributed by atoms with Crippen LogP contribution in [0.15, 0.2) is 28.9 Å². The van der Waals surface area contributed by atoms with Crippen LogP contribution in [0.4, 0.5) is 13.2 Å². The molecule has 0 atom stereocenters. The number of halogens is 4. The third kappa shape index (κ3) is 2.36. The quantitative estimate of drug-likeness (QED) is 0.812. The molecule has 18 heavy (non-hydrogen) atoms. The smallest absolute Gasteiger partial charge is 0.236 e. The van der Waals surface area contributed by atoms with Crippen molar-refractivity contribution in [1.29, 1.82) is 5.26 Å². The van der Waals surface area contributed by atoms with Gasteiger partial charge < -0.3 is 0 Å². The number of hydrogen-bond donors (Lipinski definition) is 0. The maximum atomic E-state index is 12.8. The molecule has 8 heteroatoms. The number of rotatable bonds is 1. The van der Waals surface area contributed by atoms with Crippen LogP contribution in [0.1, 0.15) is 11.4 Å². The zero-order valence-corrected chi connectivity index (χ0v) is 10.2. The van der Waals surface area contributed by atoms with Crippen molar-refractivity contribution in [2.24, 2.45) is 0 Å². The predicted octanol–water partition coefficient (Wildman–Crippen LogP) is 2.92. The Balaban J connectivity index is 2.60. The van der Waals surface area contributed by atoms with Crippen LogP contribution in [-0.4, -0.2) is 14.8 Å². The van der Waals surface area contributed by atoms with E-state index in [1.165, 1.54) is 18.3 Å². The first-order valence-corrected chi connectivity index (χ1v) is 5.40. The Bertz CT molecular complexity index is 610. The summed E-state index contributed by atoms with van der Waals surface area (Å²) < 4.78 is 39.5. The largest absolute Gasteiger partial charge is 0.433 e. The van der Waals surface area contributed by atoms with Crippen LogP contribution in [0.2, 0.25) is 0 Å². The molecule has 0 spiro atoms. The molecule has 0 N–H and O–H groups in total. The Hall–Kier alpha value is -1.88. The lowest BCUT2D eigenvalue weighted by Gasteiger charge is -2.08. The zero-order valence-electron chi connectivity index (χ0n) is 8.61. The average molecular weight is 317 g/mol. The summed E-state index contributed by atoms with van der Waals surface area (Å²) in [6.07, 6.45) is -3.25. The third-order valence-electron chi connectivity index (χ3n) is 2.04. The van der Waals surface area contributed by atoms with Crippen LogP contribution in [0, 0.1) is 11.3 Å². The molecule has 2 heterocycles. The lowest BCUT2D eigenvalue weighted by atomic mass is 10.3. The summed E-state index contributed by atoms with van der Waals surface area (Å²) in [7, 11) is 0. The van der Waals surface area contributed by atoms with Crippen molar-refractivity contribution in [2.45, 2.75) is 6.18 Å². The van der Waals surface area contributed by atoms with Crippen molar-refractivity contribution >= 4 is 15.9 Å². The minimum absolute atomic E-state index is 0.00738. The molecule has 2 aromatic rings. The minimum atomic E-state index is -4.60. The van der Waals surface area contributed by atoms with Crippen molar-refractivity contribution < 1.29 is 13.2 Å². The number of alkyl halides is 3. The van der Waals surface area contributed by atoms with E-state index in [-0.39, 0.29) is 11.5 Å². The molecule has 0 saturated carbocycles. The second-order valence-corrected chi connectivity index (χ2v) is 4.19. The Morgan fingerprint density at radius 1 is 1.33 bits per heavy atom. The fraction of sp³-hybridized carbons (Fsp3) is 0.100. The SMILES string of the molecule is N#Cc1cc(C(F)(F)F)n(-c2ccc(Br)cn2)n1. The van der Waals surface area contributed by atoms with Crippen LogP contribution in [0.5, 0.6) is 0 Å². The summed E-state index contributed by atoms with van der Waals surface area (Å²) in [5.74, 6) is -0.00738. The van der Waals surface area contributed by atoms with Crippen molar-refractivity contribution in [3.8, 4) is 11.9 Å². The highest BCUT2D eigenvalue weighted by Gasteiger charge is 2.36.